The molecule has 5 nitrogen and oxygen atoms in total. The van der Waals surface area contributed by atoms with Crippen molar-refractivity contribution in [1.29, 1.82) is 0 Å². The molecular weight excluding hydrogens is 340 g/mol. The number of nitrogens with two attached hydrogens (primary N) is 1. The average Bonchev–Trinajstić information content (AvgIpc) is 2.91. The van der Waals surface area contributed by atoms with Crippen molar-refractivity contribution in [2.45, 2.75) is 25.3 Å². The fraction of sp³-hybridized carbons (Fsp3) is 0.385. The van der Waals surface area contributed by atoms with E-state index >= 15 is 0 Å². The second-order valence-corrected chi connectivity index (χ2v) is 7.00. The molecule has 0 spiro atoms. The maximum Gasteiger partial charge on any atom is 0.274 e. The summed E-state index contributed by atoms with van der Waals surface area (Å²) in [6.45, 7) is 0. The summed E-state index contributed by atoms with van der Waals surface area (Å²) in [6.07, 6.45) is 4.58. The summed E-state index contributed by atoms with van der Waals surface area (Å²) < 4.78 is 2.66. The van der Waals surface area contributed by atoms with Crippen LogP contribution >= 0.6 is 27.3 Å². The van der Waals surface area contributed by atoms with Crippen LogP contribution in [0.1, 0.15) is 27.5 Å². The Hall–Kier alpha value is -1.18. The number of halogens is 1. The smallest absolute Gasteiger partial charge is 0.274 e. The minimum absolute atomic E-state index is 0.145. The Bertz CT molecular complexity index is 663. The summed E-state index contributed by atoms with van der Waals surface area (Å²) >= 11 is 4.89. The molecule has 3 N–H and O–H groups in total. The molecule has 2 aromatic rings. The number of nitrogens with zero attached hydrogens (tertiary/aromatic N) is 2. The molecule has 0 aromatic carbocycles. The number of aromatic nitrogens is 2. The first-order chi connectivity index (χ1) is 9.52. The van der Waals surface area contributed by atoms with Crippen LogP contribution in [0.15, 0.2) is 16.7 Å². The van der Waals surface area contributed by atoms with E-state index in [4.69, 9.17) is 5.73 Å². The lowest BCUT2D eigenvalue weighted by molar-refractivity contribution is 0.101. The highest BCUT2D eigenvalue weighted by Crippen LogP contribution is 2.29. The largest absolute Gasteiger partial charge is 0.345 e. The number of fused-ring (bicyclic) bond motifs is 1. The van der Waals surface area contributed by atoms with Crippen LogP contribution in [0.3, 0.4) is 0 Å². The van der Waals surface area contributed by atoms with Crippen molar-refractivity contribution in [3.63, 3.8) is 0 Å². The molecule has 0 unspecified atom stereocenters. The number of thiazole rings is 1. The minimum atomic E-state index is -0.145. The number of hydrogen-bond acceptors (Lipinski definition) is 4. The molecule has 7 heteroatoms. The standard InChI is InChI=1S/C13H15BrN4OS/c1-18-6-7(14)4-10(18)12(19)17-13-16-9-3-2-8(15)5-11(9)20-13/h4,6,8H,2-3,5,15H2,1H3,(H,16,17,19)/t8-/m0/s1. The Morgan fingerprint density at radius 3 is 3.15 bits per heavy atom. The number of hydrogen-bond donors (Lipinski definition) is 2. The van der Waals surface area contributed by atoms with Gasteiger partial charge in [-0.25, -0.2) is 4.98 Å². The van der Waals surface area contributed by atoms with Gasteiger partial charge in [0, 0.05) is 28.6 Å². The maximum absolute atomic E-state index is 12.2. The fourth-order valence-corrected chi connectivity index (χ4v) is 3.98. The normalized spacial score (nSPS) is 17.9. The summed E-state index contributed by atoms with van der Waals surface area (Å²) in [7, 11) is 1.84. The van der Waals surface area contributed by atoms with E-state index in [0.29, 0.717) is 10.8 Å². The minimum Gasteiger partial charge on any atom is -0.345 e. The number of rotatable bonds is 2. The van der Waals surface area contributed by atoms with E-state index in [1.54, 1.807) is 10.6 Å². The number of carbonyl (C=O) groups is 1. The molecule has 0 aliphatic heterocycles. The highest BCUT2D eigenvalue weighted by atomic mass is 79.9. The number of amides is 1. The van der Waals surface area contributed by atoms with Crippen molar-refractivity contribution in [3.05, 3.63) is 33.0 Å². The van der Waals surface area contributed by atoms with Gasteiger partial charge in [0.15, 0.2) is 5.13 Å². The molecule has 2 aromatic heterocycles. The molecule has 3 rings (SSSR count). The molecule has 2 heterocycles. The van der Waals surface area contributed by atoms with Gasteiger partial charge in [-0.15, -0.1) is 11.3 Å². The zero-order valence-corrected chi connectivity index (χ0v) is 13.4. The SMILES string of the molecule is Cn1cc(Br)cc1C(=O)Nc1nc2c(s1)C[C@@H](N)CC2. The number of nitrogens with one attached hydrogen (secondary N) is 1. The number of carbonyl (C=O) groups excluding carboxylic acids is 1. The molecule has 0 radical (unpaired) electrons. The number of anilines is 1. The van der Waals surface area contributed by atoms with Gasteiger partial charge in [0.05, 0.1) is 5.69 Å². The Kier molecular flexibility index (Phi) is 3.66. The Morgan fingerprint density at radius 2 is 2.45 bits per heavy atom. The second-order valence-electron chi connectivity index (χ2n) is 5.00. The lowest BCUT2D eigenvalue weighted by Gasteiger charge is -2.15. The third kappa shape index (κ3) is 2.65. The van der Waals surface area contributed by atoms with Crippen LogP contribution < -0.4 is 11.1 Å². The highest BCUT2D eigenvalue weighted by molar-refractivity contribution is 9.10. The van der Waals surface area contributed by atoms with Crippen LogP contribution in [0.25, 0.3) is 0 Å². The first kappa shape index (κ1) is 13.8. The average molecular weight is 355 g/mol. The van der Waals surface area contributed by atoms with Crippen molar-refractivity contribution in [1.82, 2.24) is 9.55 Å². The molecule has 1 aliphatic rings. The maximum atomic E-state index is 12.2. The molecule has 1 amide bonds. The van der Waals surface area contributed by atoms with Crippen molar-refractivity contribution >= 4 is 38.3 Å². The third-order valence-corrected chi connectivity index (χ3v) is 4.87. The van der Waals surface area contributed by atoms with E-state index < -0.39 is 0 Å². The predicted octanol–water partition coefficient (Wildman–Crippen LogP) is 2.31. The van der Waals surface area contributed by atoms with Gasteiger partial charge in [-0.2, -0.15) is 0 Å². The van der Waals surface area contributed by atoms with Crippen LogP contribution in [-0.2, 0) is 19.9 Å². The van der Waals surface area contributed by atoms with E-state index in [2.05, 4.69) is 26.2 Å². The number of aryl methyl sites for hydroxylation is 2. The van der Waals surface area contributed by atoms with E-state index in [9.17, 15) is 4.79 Å². The molecule has 0 saturated heterocycles. The highest BCUT2D eigenvalue weighted by Gasteiger charge is 2.21. The Labute approximate surface area is 129 Å². The van der Waals surface area contributed by atoms with Gasteiger partial charge in [-0.3, -0.25) is 10.1 Å². The third-order valence-electron chi connectivity index (χ3n) is 3.40. The van der Waals surface area contributed by atoms with E-state index in [1.807, 2.05) is 13.2 Å². The summed E-state index contributed by atoms with van der Waals surface area (Å²) in [4.78, 5) is 17.9. The van der Waals surface area contributed by atoms with Gasteiger partial charge >= 0.3 is 0 Å². The Morgan fingerprint density at radius 1 is 1.65 bits per heavy atom. The molecule has 0 saturated carbocycles. The van der Waals surface area contributed by atoms with Crippen LogP contribution in [0, 0.1) is 0 Å². The van der Waals surface area contributed by atoms with Crippen LogP contribution in [0.4, 0.5) is 5.13 Å². The van der Waals surface area contributed by atoms with Gasteiger partial charge in [-0.1, -0.05) is 0 Å². The van der Waals surface area contributed by atoms with Crippen LogP contribution in [0.5, 0.6) is 0 Å². The van der Waals surface area contributed by atoms with Crippen molar-refractivity contribution in [2.24, 2.45) is 12.8 Å². The molecule has 1 aliphatic carbocycles. The van der Waals surface area contributed by atoms with Crippen LogP contribution in [-0.4, -0.2) is 21.5 Å². The molecule has 0 bridgehead atoms. The molecule has 106 valence electrons. The van der Waals surface area contributed by atoms with Crippen molar-refractivity contribution < 1.29 is 4.79 Å². The molecular formula is C13H15BrN4OS. The zero-order valence-electron chi connectivity index (χ0n) is 11.0. The second kappa shape index (κ2) is 5.31. The molecule has 1 atom stereocenters. The first-order valence-corrected chi connectivity index (χ1v) is 8.01. The monoisotopic (exact) mass is 354 g/mol. The summed E-state index contributed by atoms with van der Waals surface area (Å²) in [6, 6.07) is 2.01. The van der Waals surface area contributed by atoms with Gasteiger partial charge in [0.1, 0.15) is 5.69 Å². The summed E-state index contributed by atoms with van der Waals surface area (Å²) in [5, 5.41) is 3.53. The summed E-state index contributed by atoms with van der Waals surface area (Å²) in [5.74, 6) is -0.145. The molecule has 0 fully saturated rings. The van der Waals surface area contributed by atoms with E-state index in [-0.39, 0.29) is 11.9 Å². The zero-order chi connectivity index (χ0) is 14.3. The van der Waals surface area contributed by atoms with E-state index in [0.717, 1.165) is 29.4 Å². The lowest BCUT2D eigenvalue weighted by atomic mass is 9.99. The quantitative estimate of drug-likeness (QED) is 0.868. The molecule has 20 heavy (non-hydrogen) atoms. The van der Waals surface area contributed by atoms with Gasteiger partial charge in [0.25, 0.3) is 5.91 Å². The van der Waals surface area contributed by atoms with Crippen molar-refractivity contribution in [2.75, 3.05) is 5.32 Å². The van der Waals surface area contributed by atoms with Gasteiger partial charge < -0.3 is 10.3 Å². The van der Waals surface area contributed by atoms with E-state index in [1.165, 1.54) is 16.2 Å². The topological polar surface area (TPSA) is 72.9 Å². The fourth-order valence-electron chi connectivity index (χ4n) is 2.37. The van der Waals surface area contributed by atoms with Crippen LogP contribution in [0.2, 0.25) is 0 Å². The predicted molar refractivity (Wildman–Crippen MR) is 83.2 cm³/mol. The first-order valence-electron chi connectivity index (χ1n) is 6.40. The summed E-state index contributed by atoms with van der Waals surface area (Å²) in [5.41, 5.74) is 7.64. The lowest BCUT2D eigenvalue weighted by Crippen LogP contribution is -2.27. The Balaban J connectivity index is 1.78. The van der Waals surface area contributed by atoms with Gasteiger partial charge in [-0.05, 0) is 41.3 Å². The van der Waals surface area contributed by atoms with Crippen molar-refractivity contribution in [3.8, 4) is 0 Å². The van der Waals surface area contributed by atoms with Gasteiger partial charge in [0.2, 0.25) is 0 Å².